The van der Waals surface area contributed by atoms with E-state index in [9.17, 15) is 4.79 Å². The average Bonchev–Trinajstić information content (AvgIpc) is 3.38. The van der Waals surface area contributed by atoms with Crippen LogP contribution in [0.3, 0.4) is 0 Å². The molecule has 0 spiro atoms. The Morgan fingerprint density at radius 3 is 2.58 bits per heavy atom. The van der Waals surface area contributed by atoms with E-state index in [1.54, 1.807) is 11.0 Å². The van der Waals surface area contributed by atoms with E-state index in [0.717, 1.165) is 21.6 Å². The van der Waals surface area contributed by atoms with Crippen LogP contribution in [0.15, 0.2) is 60.9 Å². The van der Waals surface area contributed by atoms with Crippen LogP contribution < -0.4 is 10.6 Å². The highest BCUT2D eigenvalue weighted by atomic mass is 35.5. The Morgan fingerprint density at radius 2 is 1.88 bits per heavy atom. The first-order valence-corrected chi connectivity index (χ1v) is 11.5. The maximum absolute atomic E-state index is 12.6. The number of hydrogen-bond donors (Lipinski definition) is 2. The van der Waals surface area contributed by atoms with Gasteiger partial charge in [-0.15, -0.1) is 16.4 Å². The first-order chi connectivity index (χ1) is 15.9. The molecule has 10 heteroatoms. The predicted octanol–water partition coefficient (Wildman–Crippen LogP) is 5.61. The van der Waals surface area contributed by atoms with Crippen LogP contribution in [0.5, 0.6) is 0 Å². The summed E-state index contributed by atoms with van der Waals surface area (Å²) in [4.78, 5) is 17.8. The summed E-state index contributed by atoms with van der Waals surface area (Å²) in [7, 11) is 1.36. The minimum absolute atomic E-state index is 0.269. The smallest absolute Gasteiger partial charge is 0.341 e. The van der Waals surface area contributed by atoms with Gasteiger partial charge in [0.15, 0.2) is 5.11 Å². The van der Waals surface area contributed by atoms with Gasteiger partial charge in [-0.3, -0.25) is 5.32 Å². The molecule has 0 fully saturated rings. The van der Waals surface area contributed by atoms with Crippen molar-refractivity contribution in [3.8, 4) is 11.1 Å². The number of anilines is 2. The van der Waals surface area contributed by atoms with E-state index in [4.69, 9.17) is 28.6 Å². The number of thiophene rings is 1. The number of ether oxygens (including phenoxy) is 1. The van der Waals surface area contributed by atoms with E-state index >= 15 is 0 Å². The Kier molecular flexibility index (Phi) is 7.02. The van der Waals surface area contributed by atoms with Crippen molar-refractivity contribution in [1.29, 1.82) is 0 Å². The number of nitrogens with zero attached hydrogens (tertiary/aromatic N) is 3. The molecule has 4 aromatic rings. The van der Waals surface area contributed by atoms with E-state index in [2.05, 4.69) is 20.7 Å². The molecule has 0 aliphatic heterocycles. The molecule has 2 N–H and O–H groups in total. The summed E-state index contributed by atoms with van der Waals surface area (Å²) in [6, 6.07) is 17.2. The van der Waals surface area contributed by atoms with Crippen molar-refractivity contribution in [2.75, 3.05) is 17.7 Å². The number of benzene rings is 2. The van der Waals surface area contributed by atoms with Gasteiger partial charge >= 0.3 is 5.97 Å². The number of hydrogen-bond acceptors (Lipinski definition) is 6. The minimum atomic E-state index is -0.436. The third-order valence-corrected chi connectivity index (χ3v) is 6.26. The highest BCUT2D eigenvalue weighted by molar-refractivity contribution is 7.80. The monoisotopic (exact) mass is 497 g/mol. The van der Waals surface area contributed by atoms with Crippen LogP contribution in [0.25, 0.3) is 11.1 Å². The first-order valence-electron chi connectivity index (χ1n) is 9.93. The van der Waals surface area contributed by atoms with Gasteiger partial charge in [-0.05, 0) is 42.4 Å². The fourth-order valence-corrected chi connectivity index (χ4v) is 4.78. The van der Waals surface area contributed by atoms with Gasteiger partial charge in [0.05, 0.1) is 13.7 Å². The number of aromatic nitrogens is 3. The Hall–Kier alpha value is -3.27. The highest BCUT2D eigenvalue weighted by Crippen LogP contribution is 2.40. The van der Waals surface area contributed by atoms with Gasteiger partial charge in [-0.25, -0.2) is 14.5 Å². The van der Waals surface area contributed by atoms with Crippen molar-refractivity contribution in [3.05, 3.63) is 82.0 Å². The average molecular weight is 498 g/mol. The number of thiocarbonyl (C=S) groups is 1. The zero-order valence-corrected chi connectivity index (χ0v) is 20.2. The fourth-order valence-electron chi connectivity index (χ4n) is 3.32. The summed E-state index contributed by atoms with van der Waals surface area (Å²) in [6.07, 6.45) is 1.61. The van der Waals surface area contributed by atoms with Crippen molar-refractivity contribution in [1.82, 2.24) is 14.8 Å². The van der Waals surface area contributed by atoms with E-state index < -0.39 is 5.97 Å². The quantitative estimate of drug-likeness (QED) is 0.264. The third-order valence-electron chi connectivity index (χ3n) is 4.78. The van der Waals surface area contributed by atoms with Gasteiger partial charge in [-0.2, -0.15) is 0 Å². The van der Waals surface area contributed by atoms with Crippen LogP contribution in [0, 0.1) is 6.92 Å². The molecular weight excluding hydrogens is 478 g/mol. The number of methoxy groups -OCH3 is 1. The van der Waals surface area contributed by atoms with Gasteiger partial charge in [0.25, 0.3) is 0 Å². The Balaban J connectivity index is 1.50. The molecule has 0 bridgehead atoms. The van der Waals surface area contributed by atoms with Gasteiger partial charge < -0.3 is 10.1 Å². The molecule has 0 unspecified atom stereocenters. The summed E-state index contributed by atoms with van der Waals surface area (Å²) in [5, 5.41) is 12.0. The fraction of sp³-hybridized carbons (Fsp3) is 0.130. The molecule has 2 aromatic heterocycles. The van der Waals surface area contributed by atoms with E-state index in [-0.39, 0.29) is 5.11 Å². The number of halogens is 1. The standard InChI is InChI=1S/C23H20ClN5O2S2/c1-14-18(16-6-4-3-5-7-16)19(21(30)31-2)20(33-14)26-23(32)27-22-25-13-29(28-22)12-15-8-10-17(24)11-9-15/h3-11,13H,12H2,1-2H3,(H2,26,27,28,32). The van der Waals surface area contributed by atoms with E-state index in [1.807, 2.05) is 61.5 Å². The zero-order valence-electron chi connectivity index (χ0n) is 17.8. The van der Waals surface area contributed by atoms with Crippen molar-refractivity contribution in [2.45, 2.75) is 13.5 Å². The molecule has 4 rings (SSSR count). The molecular formula is C23H20ClN5O2S2. The van der Waals surface area contributed by atoms with Crippen LogP contribution in [0.4, 0.5) is 10.9 Å². The summed E-state index contributed by atoms with van der Waals surface area (Å²) in [6.45, 7) is 2.50. The first kappa shape index (κ1) is 22.9. The van der Waals surface area contributed by atoms with Crippen LogP contribution in [0.2, 0.25) is 5.02 Å². The SMILES string of the molecule is COC(=O)c1c(NC(=S)Nc2ncn(Cc3ccc(Cl)cc3)n2)sc(C)c1-c1ccccc1. The van der Waals surface area contributed by atoms with Crippen molar-refractivity contribution < 1.29 is 9.53 Å². The van der Waals surface area contributed by atoms with Gasteiger partial charge in [0.1, 0.15) is 16.9 Å². The molecule has 7 nitrogen and oxygen atoms in total. The molecule has 2 aromatic carbocycles. The highest BCUT2D eigenvalue weighted by Gasteiger charge is 2.24. The summed E-state index contributed by atoms with van der Waals surface area (Å²) in [5.41, 5.74) is 3.24. The molecule has 0 radical (unpaired) electrons. The second-order valence-electron chi connectivity index (χ2n) is 7.07. The Labute approximate surface area is 205 Å². The molecule has 0 amide bonds. The number of carbonyl (C=O) groups excluding carboxylic acids is 1. The molecule has 0 saturated heterocycles. The maximum Gasteiger partial charge on any atom is 0.341 e. The van der Waals surface area contributed by atoms with Crippen LogP contribution in [-0.4, -0.2) is 33.0 Å². The number of esters is 1. The number of rotatable bonds is 6. The molecule has 2 heterocycles. The summed E-state index contributed by atoms with van der Waals surface area (Å²) in [5.74, 6) is -0.0912. The molecule has 0 aliphatic rings. The lowest BCUT2D eigenvalue weighted by atomic mass is 10.0. The lowest BCUT2D eigenvalue weighted by Crippen LogP contribution is -2.21. The third kappa shape index (κ3) is 5.39. The number of nitrogens with one attached hydrogen (secondary N) is 2. The normalized spacial score (nSPS) is 10.6. The Bertz CT molecular complexity index is 1290. The van der Waals surface area contributed by atoms with Crippen molar-refractivity contribution in [2.24, 2.45) is 0 Å². The van der Waals surface area contributed by atoms with Crippen LogP contribution in [0.1, 0.15) is 20.8 Å². The van der Waals surface area contributed by atoms with E-state index in [0.29, 0.717) is 28.1 Å². The van der Waals surface area contributed by atoms with E-state index in [1.165, 1.54) is 18.4 Å². The second-order valence-corrected chi connectivity index (χ2v) is 9.14. The molecule has 168 valence electrons. The predicted molar refractivity (Wildman–Crippen MR) is 136 cm³/mol. The number of carbonyl (C=O) groups is 1. The topological polar surface area (TPSA) is 81.1 Å². The molecule has 0 aliphatic carbocycles. The van der Waals surface area contributed by atoms with Crippen molar-refractivity contribution in [3.63, 3.8) is 0 Å². The minimum Gasteiger partial charge on any atom is -0.465 e. The van der Waals surface area contributed by atoms with Crippen LogP contribution in [-0.2, 0) is 11.3 Å². The van der Waals surface area contributed by atoms with Crippen LogP contribution >= 0.6 is 35.2 Å². The summed E-state index contributed by atoms with van der Waals surface area (Å²) < 4.78 is 6.74. The number of aryl methyl sites for hydroxylation is 1. The van der Waals surface area contributed by atoms with Gasteiger partial charge in [0, 0.05) is 15.5 Å². The molecule has 33 heavy (non-hydrogen) atoms. The molecule has 0 atom stereocenters. The Morgan fingerprint density at radius 1 is 1.15 bits per heavy atom. The van der Waals surface area contributed by atoms with Crippen molar-refractivity contribution >= 4 is 57.2 Å². The largest absolute Gasteiger partial charge is 0.465 e. The maximum atomic E-state index is 12.6. The molecule has 0 saturated carbocycles. The second kappa shape index (κ2) is 10.1. The van der Waals surface area contributed by atoms with Gasteiger partial charge in [-0.1, -0.05) is 54.1 Å². The summed E-state index contributed by atoms with van der Waals surface area (Å²) >= 11 is 12.8. The van der Waals surface area contributed by atoms with Gasteiger partial charge in [0.2, 0.25) is 5.95 Å². The lowest BCUT2D eigenvalue weighted by Gasteiger charge is -2.09. The lowest BCUT2D eigenvalue weighted by molar-refractivity contribution is 0.0603. The zero-order chi connectivity index (χ0) is 23.4.